The Bertz CT molecular complexity index is 572. The second kappa shape index (κ2) is 12.9. The first kappa shape index (κ1) is 28.3. The van der Waals surface area contributed by atoms with Gasteiger partial charge in [0.15, 0.2) is 0 Å². The van der Waals surface area contributed by atoms with Crippen molar-refractivity contribution in [2.75, 3.05) is 40.7 Å². The molecule has 0 rings (SSSR count). The van der Waals surface area contributed by atoms with Gasteiger partial charge < -0.3 is 0 Å². The van der Waals surface area contributed by atoms with Gasteiger partial charge in [-0.25, -0.2) is 0 Å². The summed E-state index contributed by atoms with van der Waals surface area (Å²) in [4.78, 5) is 53.2. The molecule has 29 heavy (non-hydrogen) atoms. The number of alkyl halides is 3. The molecule has 172 valence electrons. The molecule has 0 heterocycles. The first-order chi connectivity index (χ1) is 13.3. The van der Waals surface area contributed by atoms with Crippen LogP contribution in [0.5, 0.6) is 0 Å². The Morgan fingerprint density at radius 2 is 1.48 bits per heavy atom. The third-order valence-corrected chi connectivity index (χ3v) is 9.61. The molecule has 0 aliphatic rings. The number of hydrogen-bond donors (Lipinski definition) is 1. The zero-order valence-electron chi connectivity index (χ0n) is 18.3. The van der Waals surface area contributed by atoms with E-state index in [1.807, 2.05) is 20.8 Å². The van der Waals surface area contributed by atoms with Gasteiger partial charge >= 0.3 is 174 Å². The summed E-state index contributed by atoms with van der Waals surface area (Å²) in [6, 6.07) is 0. The van der Waals surface area contributed by atoms with E-state index >= 15 is 0 Å². The Hall–Kier alpha value is -0.660. The van der Waals surface area contributed by atoms with Gasteiger partial charge in [-0.05, 0) is 13.8 Å². The van der Waals surface area contributed by atoms with Crippen molar-refractivity contribution in [3.8, 4) is 0 Å². The van der Waals surface area contributed by atoms with Gasteiger partial charge in [-0.2, -0.15) is 0 Å². The van der Waals surface area contributed by atoms with E-state index < -0.39 is 43.6 Å². The van der Waals surface area contributed by atoms with Gasteiger partial charge in [0.25, 0.3) is 0 Å². The molecule has 1 amide bonds. The molecule has 10 heteroatoms. The minimum Gasteiger partial charge on any atom is -0.0305 e. The Kier molecular flexibility index (Phi) is 12.6. The van der Waals surface area contributed by atoms with Crippen molar-refractivity contribution in [3.05, 3.63) is 0 Å². The zero-order valence-corrected chi connectivity index (χ0v) is 22.6. The van der Waals surface area contributed by atoms with E-state index in [9.17, 15) is 19.2 Å². The fourth-order valence-electron chi connectivity index (χ4n) is 2.45. The van der Waals surface area contributed by atoms with Crippen molar-refractivity contribution in [1.82, 2.24) is 5.32 Å². The zero-order chi connectivity index (χ0) is 22.8. The summed E-state index contributed by atoms with van der Waals surface area (Å²) in [5.74, 6) is -4.67. The van der Waals surface area contributed by atoms with Crippen LogP contribution in [0.1, 0.15) is 34.6 Å². The molecule has 0 aliphatic heterocycles. The maximum atomic E-state index is 12.7. The summed E-state index contributed by atoms with van der Waals surface area (Å²) in [5, 5.41) is 2.44. The van der Waals surface area contributed by atoms with Gasteiger partial charge in [-0.3, -0.25) is 0 Å². The number of nitrogens with one attached hydrogen (secondary N) is 1. The monoisotopic (exact) mass is 642 g/mol. The molecule has 0 radical (unpaired) electrons. The first-order valence-corrected chi connectivity index (χ1v) is 21.5. The minimum atomic E-state index is -1.97. The summed E-state index contributed by atoms with van der Waals surface area (Å²) in [6.07, 6.45) is 0. The Balaban J connectivity index is 4.86. The molecule has 0 aromatic carbocycles. The number of hydrogen-bond acceptors (Lipinski definition) is 7. The molecule has 1 unspecified atom stereocenters. The van der Waals surface area contributed by atoms with Crippen LogP contribution in [-0.4, -0.2) is 64.5 Å². The number of rotatable bonds is 12. The molecule has 0 aromatic rings. The van der Waals surface area contributed by atoms with Crippen LogP contribution in [0, 0.1) is 17.3 Å². The standard InChI is InChI=1S/C19H34I2NO7/c1-8-27-16(24)14(17(25)28-9-2)15(23)22-10-11-29-18(26)19(5,13(3)4)12-21(6,7)20/h13-14H,8-12H2,1-7H3,(H,22,23)/q-1. The first-order valence-electron chi connectivity index (χ1n) is 9.39. The average molecular weight is 642 g/mol. The van der Waals surface area contributed by atoms with Crippen molar-refractivity contribution in [2.45, 2.75) is 34.6 Å². The van der Waals surface area contributed by atoms with E-state index in [0.717, 1.165) is 4.43 Å². The Labute approximate surface area is 187 Å². The number of carbonyl (C=O) groups excluding carboxylic acids is 4. The van der Waals surface area contributed by atoms with Gasteiger partial charge in [-0.1, -0.05) is 0 Å². The van der Waals surface area contributed by atoms with Crippen LogP contribution in [0.4, 0.5) is 0 Å². The molecule has 1 atom stereocenters. The number of ether oxygens (including phenoxy) is 3. The molecule has 0 fully saturated rings. The molecule has 0 saturated carbocycles. The third-order valence-electron chi connectivity index (χ3n) is 4.28. The van der Waals surface area contributed by atoms with E-state index in [-0.39, 0.29) is 38.3 Å². The SMILES string of the molecule is CCOC(=O)C(C(=O)NCCOC(=O)C(C)(C[I-](C)(C)I)C(C)C)C(=O)OCC. The van der Waals surface area contributed by atoms with Gasteiger partial charge in [0.1, 0.15) is 0 Å². The Morgan fingerprint density at radius 3 is 1.86 bits per heavy atom. The second-order valence-electron chi connectivity index (χ2n) is 7.37. The molecule has 0 aliphatic carbocycles. The number of esters is 3. The molecular formula is C19H34I2NO7-. The molecule has 0 spiro atoms. The molecule has 0 bridgehead atoms. The van der Waals surface area contributed by atoms with Crippen LogP contribution in [0.3, 0.4) is 0 Å². The van der Waals surface area contributed by atoms with Crippen LogP contribution >= 0.6 is 18.6 Å². The van der Waals surface area contributed by atoms with Crippen LogP contribution in [0.2, 0.25) is 0 Å². The quantitative estimate of drug-likeness (QED) is 0.0714. The van der Waals surface area contributed by atoms with E-state index in [2.05, 4.69) is 33.8 Å². The van der Waals surface area contributed by atoms with Crippen molar-refractivity contribution in [2.24, 2.45) is 17.3 Å². The average Bonchev–Trinajstić information content (AvgIpc) is 2.57. The van der Waals surface area contributed by atoms with E-state index in [0.29, 0.717) is 0 Å². The van der Waals surface area contributed by atoms with Gasteiger partial charge in [0, 0.05) is 0 Å². The van der Waals surface area contributed by atoms with Crippen LogP contribution in [0.25, 0.3) is 0 Å². The van der Waals surface area contributed by atoms with Crippen molar-refractivity contribution < 1.29 is 47.8 Å². The number of amides is 1. The normalized spacial score (nSPS) is 14.1. The van der Waals surface area contributed by atoms with Crippen molar-refractivity contribution >= 4 is 42.4 Å². The summed E-state index contributed by atoms with van der Waals surface area (Å²) >= 11 is 0.509. The van der Waals surface area contributed by atoms with Crippen LogP contribution < -0.4 is 19.8 Å². The predicted octanol–water partition coefficient (Wildman–Crippen LogP) is -1.18. The Morgan fingerprint density at radius 1 is 1.00 bits per heavy atom. The predicted molar refractivity (Wildman–Crippen MR) is 114 cm³/mol. The molecular weight excluding hydrogens is 608 g/mol. The topological polar surface area (TPSA) is 108 Å². The summed E-state index contributed by atoms with van der Waals surface area (Å²) in [7, 11) is 0. The van der Waals surface area contributed by atoms with E-state index in [4.69, 9.17) is 14.2 Å². The van der Waals surface area contributed by atoms with Crippen LogP contribution in [-0.2, 0) is 33.4 Å². The van der Waals surface area contributed by atoms with Crippen LogP contribution in [0.15, 0.2) is 0 Å². The minimum absolute atomic E-state index is 0.0253. The molecule has 1 N–H and O–H groups in total. The van der Waals surface area contributed by atoms with Crippen molar-refractivity contribution in [1.29, 1.82) is 0 Å². The summed E-state index contributed by atoms with van der Waals surface area (Å²) in [5.41, 5.74) is -0.594. The molecule has 0 saturated heterocycles. The smallest absolute Gasteiger partial charge is 0.0305 e. The van der Waals surface area contributed by atoms with Gasteiger partial charge in [-0.15, -0.1) is 0 Å². The van der Waals surface area contributed by atoms with E-state index in [1.165, 1.54) is 0 Å². The second-order valence-corrected chi connectivity index (χ2v) is 30.4. The summed E-state index contributed by atoms with van der Waals surface area (Å²) < 4.78 is 15.8. The summed E-state index contributed by atoms with van der Waals surface area (Å²) in [6.45, 7) is 9.04. The van der Waals surface area contributed by atoms with Gasteiger partial charge in [0.2, 0.25) is 0 Å². The molecule has 8 nitrogen and oxygen atoms in total. The number of halogens is 2. The fourth-order valence-corrected chi connectivity index (χ4v) is 11.4. The molecule has 0 aromatic heterocycles. The van der Waals surface area contributed by atoms with E-state index in [1.54, 1.807) is 13.8 Å². The fraction of sp³-hybridized carbons (Fsp3) is 0.789. The third kappa shape index (κ3) is 9.79. The van der Waals surface area contributed by atoms with Gasteiger partial charge in [0.05, 0.1) is 0 Å². The number of carbonyl (C=O) groups is 4. The maximum absolute atomic E-state index is 12.7. The van der Waals surface area contributed by atoms with Crippen molar-refractivity contribution in [3.63, 3.8) is 0 Å².